The number of H-pyrrole nitrogens is 1. The predicted octanol–water partition coefficient (Wildman–Crippen LogP) is -2.99. The Labute approximate surface area is 783 Å². The van der Waals surface area contributed by atoms with E-state index in [0.717, 1.165) is 24.5 Å². The first-order chi connectivity index (χ1) is 64.1. The van der Waals surface area contributed by atoms with Crippen molar-refractivity contribution in [2.24, 2.45) is 34.8 Å². The van der Waals surface area contributed by atoms with Crippen molar-refractivity contribution in [3.05, 3.63) is 102 Å². The summed E-state index contributed by atoms with van der Waals surface area (Å²) in [4.78, 5) is 271. The van der Waals surface area contributed by atoms with Gasteiger partial charge in [0.2, 0.25) is 100 Å². The lowest BCUT2D eigenvalue weighted by Crippen LogP contribution is -2.61. The number of aliphatic carboxylic acids is 1. The zero-order valence-electron chi connectivity index (χ0n) is 78.3. The number of rotatable bonds is 27. The molecule has 0 saturated carbocycles. The summed E-state index contributed by atoms with van der Waals surface area (Å²) < 4.78 is 1.45. The van der Waals surface area contributed by atoms with Gasteiger partial charge >= 0.3 is 5.97 Å². The van der Waals surface area contributed by atoms with Crippen molar-refractivity contribution in [3.8, 4) is 5.75 Å². The molecule has 3 aliphatic heterocycles. The van der Waals surface area contributed by atoms with Gasteiger partial charge in [-0.25, -0.2) is 0 Å². The van der Waals surface area contributed by atoms with E-state index in [4.69, 9.17) is 22.9 Å². The van der Waals surface area contributed by atoms with Crippen molar-refractivity contribution in [1.29, 1.82) is 0 Å². The van der Waals surface area contributed by atoms with Crippen LogP contribution in [0.5, 0.6) is 5.75 Å². The number of amides is 17. The molecule has 3 aromatic carbocycles. The van der Waals surface area contributed by atoms with Gasteiger partial charge in [0.05, 0.1) is 25.6 Å². The standard InChI is InChI=1S/C92H134N22O21/c1-11-13-25-71-85(128)102-62(35-50(3)4)82(125)108-69(80(123)99-45-76(96)118)44-97-46-77(119)100-65(37-53-29-31-56(115)32-30-53)88(131)109(8)52(7)79(122)104-67(41-75(95)117)90(133)113-34-20-28-72(113)86(129)107-68(42-94)84(127)105-64(36-51(5)6)91(134)114-48-57(116)40-74(114)87(130)103-63(38-54-43-98-60-23-17-15-21-58(54)60)83(126)101-61(24-19-33-93)81(124)106-66(89(132)111(10)73(26-14-12-2)92(135)110(71)9)39-55-47-112(49-78(120)121)70-27-18-16-22-59(55)70/h15-18,21-23,27,29-32,43,47,50-52,57,61-69,71-74,97-98,115-116H,11-14,19-20,24-26,28,33-42,44-46,48-49,93-94H2,1-10H3,(H2,95,117)(H2,96,118)(H,99,123)(H,100,119)(H,101,126)(H,102,128)(H,103,130)(H,104,122)(H,105,127)(H,106,124)(H,107,129)(H,108,125)(H,120,121)/t52-,57+,61-,62-,63-,64-,65-,66-,67-,68-,69-,71-,72-,73-,74-/m0/s1. The maximum atomic E-state index is 16.0. The molecule has 0 radical (unpaired) electrons. The number of aliphatic hydroxyl groups excluding tert-OH is 1. The molecule has 8 rings (SSSR count). The number of nitrogens with one attached hydrogen (secondary N) is 12. The largest absolute Gasteiger partial charge is 0.508 e. The molecule has 2 aromatic heterocycles. The van der Waals surface area contributed by atoms with Crippen LogP contribution in [-0.2, 0) is 112 Å². The Morgan fingerprint density at radius 1 is 0.533 bits per heavy atom. The van der Waals surface area contributed by atoms with Gasteiger partial charge in [-0.05, 0) is 118 Å². The molecular formula is C92H134N22O21. The number of carboxylic acids is 1. The number of phenols is 1. The summed E-state index contributed by atoms with van der Waals surface area (Å²) in [6.45, 7) is 8.19. The van der Waals surface area contributed by atoms with E-state index in [1.54, 1.807) is 82.4 Å². The summed E-state index contributed by atoms with van der Waals surface area (Å²) in [5.41, 5.74) is 25.8. The number of aromatic amines is 1. The first kappa shape index (κ1) is 107. The number of hydrogen-bond acceptors (Lipinski definition) is 23. The summed E-state index contributed by atoms with van der Waals surface area (Å²) in [5.74, 6) is -18.0. The van der Waals surface area contributed by atoms with Crippen molar-refractivity contribution < 1.29 is 102 Å². The van der Waals surface area contributed by atoms with Crippen LogP contribution < -0.4 is 81.4 Å². The number of aromatic nitrogens is 2. The van der Waals surface area contributed by atoms with Crippen LogP contribution in [0.4, 0.5) is 0 Å². The summed E-state index contributed by atoms with van der Waals surface area (Å²) in [6.07, 6.45) is 1.13. The molecule has 5 heterocycles. The maximum absolute atomic E-state index is 16.0. The zero-order valence-corrected chi connectivity index (χ0v) is 78.3. The van der Waals surface area contributed by atoms with Crippen LogP contribution in [0.1, 0.15) is 155 Å². The number of para-hydroxylation sites is 2. The number of carbonyl (C=O) groups excluding carboxylic acids is 17. The molecular weight excluding hydrogens is 1750 g/mol. The van der Waals surface area contributed by atoms with Crippen LogP contribution >= 0.6 is 0 Å². The van der Waals surface area contributed by atoms with E-state index in [9.17, 15) is 68.1 Å². The highest BCUT2D eigenvalue weighted by atomic mass is 16.4. The molecule has 3 saturated heterocycles. The van der Waals surface area contributed by atoms with Crippen LogP contribution in [-0.4, -0.2) is 313 Å². The molecule has 43 heteroatoms. The minimum absolute atomic E-state index is 0.00253. The van der Waals surface area contributed by atoms with Crippen molar-refractivity contribution >= 4 is 128 Å². The Hall–Kier alpha value is -13.2. The van der Waals surface area contributed by atoms with E-state index in [1.165, 1.54) is 63.1 Å². The summed E-state index contributed by atoms with van der Waals surface area (Å²) in [6, 6.07) is -2.22. The van der Waals surface area contributed by atoms with Crippen molar-refractivity contribution in [2.45, 2.75) is 255 Å². The molecule has 3 fully saturated rings. The number of primary amides is 2. The maximum Gasteiger partial charge on any atom is 0.323 e. The summed E-state index contributed by atoms with van der Waals surface area (Å²) in [7, 11) is 3.91. The van der Waals surface area contributed by atoms with Gasteiger partial charge in [-0.3, -0.25) is 86.3 Å². The Bertz CT molecular complexity index is 5060. The second kappa shape index (κ2) is 50.8. The van der Waals surface area contributed by atoms with Crippen LogP contribution in [0.2, 0.25) is 0 Å². The third-order valence-electron chi connectivity index (χ3n) is 24.4. The topological polar surface area (TPSA) is 641 Å². The smallest absolute Gasteiger partial charge is 0.323 e. The molecule has 43 nitrogen and oxygen atoms in total. The first-order valence-electron chi connectivity index (χ1n) is 46.0. The molecule has 17 amide bonds. The highest BCUT2D eigenvalue weighted by Gasteiger charge is 2.47. The van der Waals surface area contributed by atoms with Crippen molar-refractivity contribution in [2.75, 3.05) is 67.0 Å². The van der Waals surface area contributed by atoms with Crippen molar-refractivity contribution in [3.63, 3.8) is 0 Å². The number of phenolic OH excluding ortho intramolecular Hbond substituents is 1. The molecule has 15 atom stereocenters. The number of aliphatic hydroxyl groups is 1. The number of hydrogen-bond donors (Lipinski definition) is 19. The molecule has 3 aliphatic rings. The number of nitrogens with zero attached hydrogens (tertiary/aromatic N) is 6. The first-order valence-corrected chi connectivity index (χ1v) is 46.0. The summed E-state index contributed by atoms with van der Waals surface area (Å²) in [5, 5.41) is 62.2. The lowest BCUT2D eigenvalue weighted by molar-refractivity contribution is -0.149. The zero-order chi connectivity index (χ0) is 99.4. The van der Waals surface area contributed by atoms with E-state index in [-0.39, 0.29) is 108 Å². The van der Waals surface area contributed by atoms with E-state index >= 15 is 33.6 Å². The van der Waals surface area contributed by atoms with Crippen molar-refractivity contribution in [1.82, 2.24) is 92.5 Å². The number of aromatic hydroxyl groups is 1. The van der Waals surface area contributed by atoms with Gasteiger partial charge in [-0.1, -0.05) is 116 Å². The predicted molar refractivity (Wildman–Crippen MR) is 495 cm³/mol. The van der Waals surface area contributed by atoms with Crippen LogP contribution in [0.25, 0.3) is 21.8 Å². The minimum Gasteiger partial charge on any atom is -0.508 e. The monoisotopic (exact) mass is 1880 g/mol. The van der Waals surface area contributed by atoms with Gasteiger partial charge in [-0.15, -0.1) is 0 Å². The van der Waals surface area contributed by atoms with E-state index in [1.807, 2.05) is 13.8 Å². The van der Waals surface area contributed by atoms with E-state index < -0.39 is 243 Å². The molecule has 738 valence electrons. The minimum atomic E-state index is -1.77. The second-order valence-electron chi connectivity index (χ2n) is 35.8. The molecule has 0 unspecified atom stereocenters. The highest BCUT2D eigenvalue weighted by Crippen LogP contribution is 2.29. The Morgan fingerprint density at radius 3 is 1.73 bits per heavy atom. The van der Waals surface area contributed by atoms with Gasteiger partial charge in [0.15, 0.2) is 0 Å². The molecule has 23 N–H and O–H groups in total. The fourth-order valence-corrected chi connectivity index (χ4v) is 17.1. The Morgan fingerprint density at radius 2 is 1.08 bits per heavy atom. The normalized spacial score (nSPS) is 24.9. The molecule has 5 aromatic rings. The fourth-order valence-electron chi connectivity index (χ4n) is 17.1. The van der Waals surface area contributed by atoms with Crippen LogP contribution in [0.15, 0.2) is 85.2 Å². The van der Waals surface area contributed by atoms with E-state index in [2.05, 4.69) is 63.5 Å². The lowest BCUT2D eigenvalue weighted by atomic mass is 9.99. The summed E-state index contributed by atoms with van der Waals surface area (Å²) >= 11 is 0. The van der Waals surface area contributed by atoms with Gasteiger partial charge in [0.1, 0.15) is 96.9 Å². The van der Waals surface area contributed by atoms with Gasteiger partial charge in [0.25, 0.3) is 0 Å². The Kier molecular flexibility index (Phi) is 40.3. The van der Waals surface area contributed by atoms with Crippen LogP contribution in [0.3, 0.4) is 0 Å². The Balaban J connectivity index is 1.21. The average molecular weight is 1880 g/mol. The quantitative estimate of drug-likeness (QED) is 0.0249. The third-order valence-corrected chi connectivity index (χ3v) is 24.4. The van der Waals surface area contributed by atoms with Gasteiger partial charge in [0, 0.05) is 107 Å². The lowest BCUT2D eigenvalue weighted by Gasteiger charge is -2.36. The number of carboxylic acid groups (broad SMARTS) is 1. The molecule has 0 aliphatic carbocycles. The van der Waals surface area contributed by atoms with E-state index in [0.29, 0.717) is 64.2 Å². The van der Waals surface area contributed by atoms with Gasteiger partial charge in [-0.2, -0.15) is 0 Å². The third kappa shape index (κ3) is 29.9. The number of carbonyl (C=O) groups is 18. The number of likely N-dealkylation sites (N-methyl/N-ethyl adjacent to an activating group) is 3. The van der Waals surface area contributed by atoms with Gasteiger partial charge < -0.3 is 131 Å². The number of fused-ring (bicyclic) bond motifs is 4. The number of nitrogens with two attached hydrogens (primary N) is 4. The SMILES string of the molecule is CCCC[C@H]1C(=O)N(C)[C@@H](CCCC)C(=O)N[C@@H](CC(C)C)C(=O)N[C@H](C(=O)NCC(N)=O)CNCC(=O)N[C@@H](Cc2ccc(O)cc2)C(=O)N(C)[C@@H](C)C(=O)N[C@@H](CC(N)=O)C(=O)N2CCC[C@H]2C(=O)N[C@@H](CN)C(=O)N[C@@H](CC(C)C)C(=O)N2C[C@H](O)C[C@H]2C(=O)N[C@@H](Cc2c[nH]c3ccccc23)C(=O)N[C@@H](CCCN)C(=O)N[C@@H](Cc2cn(CC(=O)O)c3ccccc23)C(=O)N1C. The molecule has 135 heavy (non-hydrogen) atoms. The second-order valence-corrected chi connectivity index (χ2v) is 35.8. The fraction of sp³-hybridized carbons (Fsp3) is 0.565. The average Bonchev–Trinajstić information content (AvgIpc) is 1.59. The number of unbranched alkanes of at least 4 members (excludes halogenated alkanes) is 2. The molecule has 0 spiro atoms. The van der Waals surface area contributed by atoms with Crippen LogP contribution in [0, 0.1) is 11.8 Å². The molecule has 0 bridgehead atoms. The highest BCUT2D eigenvalue weighted by molar-refractivity contribution is 6.03. The number of benzene rings is 3.